The monoisotopic (exact) mass is 280 g/mol. The maximum Gasteiger partial charge on any atom is 0.234 e. The highest BCUT2D eigenvalue weighted by atomic mass is 16.5. The van der Waals surface area contributed by atoms with Crippen LogP contribution in [-0.4, -0.2) is 22.5 Å². The van der Waals surface area contributed by atoms with Crippen molar-refractivity contribution >= 4 is 5.78 Å². The van der Waals surface area contributed by atoms with Gasteiger partial charge in [0.05, 0.1) is 6.42 Å². The van der Waals surface area contributed by atoms with Gasteiger partial charge >= 0.3 is 0 Å². The number of aromatic nitrogens is 2. The third-order valence-electron chi connectivity index (χ3n) is 3.83. The molecule has 0 N–H and O–H groups in total. The van der Waals surface area contributed by atoms with Gasteiger partial charge in [0.1, 0.15) is 11.9 Å². The zero-order valence-electron chi connectivity index (χ0n) is 12.4. The van der Waals surface area contributed by atoms with Crippen molar-refractivity contribution < 1.29 is 14.1 Å². The summed E-state index contributed by atoms with van der Waals surface area (Å²) in [5.41, 5.74) is 0. The van der Waals surface area contributed by atoms with Gasteiger partial charge in [0.15, 0.2) is 0 Å². The Kier molecular flexibility index (Phi) is 5.71. The lowest BCUT2D eigenvalue weighted by atomic mass is 10.0. The molecule has 1 aromatic rings. The Morgan fingerprint density at radius 2 is 2.15 bits per heavy atom. The molecule has 0 saturated heterocycles. The maximum atomic E-state index is 12.1. The summed E-state index contributed by atoms with van der Waals surface area (Å²) >= 11 is 0. The molecule has 1 atom stereocenters. The molecule has 0 bridgehead atoms. The van der Waals surface area contributed by atoms with E-state index < -0.39 is 0 Å². The second kappa shape index (κ2) is 7.53. The number of Topliss-reactive ketones (excluding diaryl/α,β-unsaturated/α-hetero) is 1. The number of carbonyl (C=O) groups is 1. The number of ether oxygens (including phenoxy) is 1. The first-order valence-corrected chi connectivity index (χ1v) is 7.71. The van der Waals surface area contributed by atoms with Crippen LogP contribution >= 0.6 is 0 Å². The largest absolute Gasteiger partial charge is 0.370 e. The van der Waals surface area contributed by atoms with E-state index in [9.17, 15) is 4.79 Å². The summed E-state index contributed by atoms with van der Waals surface area (Å²) in [5.74, 6) is 1.44. The van der Waals surface area contributed by atoms with Gasteiger partial charge in [-0.05, 0) is 26.2 Å². The van der Waals surface area contributed by atoms with Crippen molar-refractivity contribution in [3.05, 3.63) is 11.7 Å². The van der Waals surface area contributed by atoms with Crippen LogP contribution < -0.4 is 0 Å². The van der Waals surface area contributed by atoms with E-state index >= 15 is 0 Å². The lowest BCUT2D eigenvalue weighted by molar-refractivity contribution is -0.122. The van der Waals surface area contributed by atoms with Crippen LogP contribution in [0, 0.1) is 5.92 Å². The van der Waals surface area contributed by atoms with Crippen molar-refractivity contribution in [2.45, 2.75) is 64.9 Å². The van der Waals surface area contributed by atoms with Crippen molar-refractivity contribution in [3.63, 3.8) is 0 Å². The molecule has 5 nitrogen and oxygen atoms in total. The SMILES string of the molecule is CCCC(OCC)c1noc(CC(=O)C2CCCC2)n1. The summed E-state index contributed by atoms with van der Waals surface area (Å²) in [6.07, 6.45) is 6.35. The van der Waals surface area contributed by atoms with E-state index in [0.717, 1.165) is 38.5 Å². The molecule has 1 aliphatic rings. The molecule has 5 heteroatoms. The highest BCUT2D eigenvalue weighted by molar-refractivity contribution is 5.82. The van der Waals surface area contributed by atoms with Gasteiger partial charge in [-0.25, -0.2) is 0 Å². The molecule has 112 valence electrons. The van der Waals surface area contributed by atoms with Gasteiger partial charge < -0.3 is 9.26 Å². The van der Waals surface area contributed by atoms with E-state index in [2.05, 4.69) is 17.1 Å². The highest BCUT2D eigenvalue weighted by Crippen LogP contribution is 2.27. The predicted octanol–water partition coefficient (Wildman–Crippen LogP) is 3.25. The average Bonchev–Trinajstić information content (AvgIpc) is 3.09. The first kappa shape index (κ1) is 15.2. The molecule has 0 aromatic carbocycles. The van der Waals surface area contributed by atoms with Crippen LogP contribution in [0.2, 0.25) is 0 Å². The van der Waals surface area contributed by atoms with Crippen LogP contribution in [0.4, 0.5) is 0 Å². The number of hydrogen-bond acceptors (Lipinski definition) is 5. The van der Waals surface area contributed by atoms with Crippen molar-refractivity contribution in [3.8, 4) is 0 Å². The molecule has 0 aliphatic heterocycles. The van der Waals surface area contributed by atoms with Crippen LogP contribution in [0.1, 0.15) is 70.2 Å². The zero-order chi connectivity index (χ0) is 14.4. The highest BCUT2D eigenvalue weighted by Gasteiger charge is 2.25. The third kappa shape index (κ3) is 3.88. The number of hydrogen-bond donors (Lipinski definition) is 0. The van der Waals surface area contributed by atoms with Crippen LogP contribution in [-0.2, 0) is 16.0 Å². The molecule has 1 saturated carbocycles. The smallest absolute Gasteiger partial charge is 0.234 e. The van der Waals surface area contributed by atoms with Crippen LogP contribution in [0.25, 0.3) is 0 Å². The first-order valence-electron chi connectivity index (χ1n) is 7.71. The second-order valence-corrected chi connectivity index (χ2v) is 5.40. The fourth-order valence-electron chi connectivity index (χ4n) is 2.76. The molecule has 0 spiro atoms. The van der Waals surface area contributed by atoms with E-state index in [1.807, 2.05) is 6.92 Å². The minimum absolute atomic E-state index is 0.121. The molecule has 0 amide bonds. The molecule has 2 rings (SSSR count). The van der Waals surface area contributed by atoms with Crippen molar-refractivity contribution in [1.82, 2.24) is 10.1 Å². The Hall–Kier alpha value is -1.23. The fraction of sp³-hybridized carbons (Fsp3) is 0.800. The number of ketones is 1. The molecule has 1 fully saturated rings. The van der Waals surface area contributed by atoms with Gasteiger partial charge in [0, 0.05) is 12.5 Å². The summed E-state index contributed by atoms with van der Waals surface area (Å²) in [6.45, 7) is 4.67. The predicted molar refractivity (Wildman–Crippen MR) is 74.2 cm³/mol. The van der Waals surface area contributed by atoms with Crippen molar-refractivity contribution in [2.75, 3.05) is 6.61 Å². The summed E-state index contributed by atoms with van der Waals surface area (Å²) < 4.78 is 10.8. The quantitative estimate of drug-likeness (QED) is 0.731. The Bertz CT molecular complexity index is 419. The van der Waals surface area contributed by atoms with Gasteiger partial charge in [-0.15, -0.1) is 0 Å². The van der Waals surface area contributed by atoms with Gasteiger partial charge in [-0.1, -0.05) is 31.3 Å². The third-order valence-corrected chi connectivity index (χ3v) is 3.83. The van der Waals surface area contributed by atoms with Crippen LogP contribution in [0.5, 0.6) is 0 Å². The lowest BCUT2D eigenvalue weighted by Crippen LogP contribution is -2.14. The maximum absolute atomic E-state index is 12.1. The normalized spacial score (nSPS) is 17.5. The van der Waals surface area contributed by atoms with Gasteiger partial charge in [0.2, 0.25) is 11.7 Å². The molecule has 1 aliphatic carbocycles. The summed E-state index contributed by atoms with van der Waals surface area (Å²) in [4.78, 5) is 16.4. The number of carbonyl (C=O) groups excluding carboxylic acids is 1. The molecular weight excluding hydrogens is 256 g/mol. The number of rotatable bonds is 8. The molecule has 1 heterocycles. The van der Waals surface area contributed by atoms with E-state index in [1.54, 1.807) is 0 Å². The zero-order valence-corrected chi connectivity index (χ0v) is 12.4. The van der Waals surface area contributed by atoms with E-state index in [0.29, 0.717) is 18.3 Å². The Morgan fingerprint density at radius 1 is 1.40 bits per heavy atom. The van der Waals surface area contributed by atoms with Crippen molar-refractivity contribution in [2.24, 2.45) is 5.92 Å². The lowest BCUT2D eigenvalue weighted by Gasteiger charge is -2.11. The molecule has 0 radical (unpaired) electrons. The Balaban J connectivity index is 1.94. The Labute approximate surface area is 120 Å². The number of nitrogens with zero attached hydrogens (tertiary/aromatic N) is 2. The average molecular weight is 280 g/mol. The topological polar surface area (TPSA) is 65.2 Å². The molecular formula is C15H24N2O3. The minimum Gasteiger partial charge on any atom is -0.370 e. The van der Waals surface area contributed by atoms with Gasteiger partial charge in [-0.3, -0.25) is 4.79 Å². The van der Waals surface area contributed by atoms with E-state index in [-0.39, 0.29) is 24.2 Å². The second-order valence-electron chi connectivity index (χ2n) is 5.40. The Morgan fingerprint density at radius 3 is 2.80 bits per heavy atom. The van der Waals surface area contributed by atoms with Gasteiger partial charge in [0.25, 0.3) is 0 Å². The summed E-state index contributed by atoms with van der Waals surface area (Å²) in [6, 6.07) is 0. The van der Waals surface area contributed by atoms with Crippen molar-refractivity contribution in [1.29, 1.82) is 0 Å². The van der Waals surface area contributed by atoms with Crippen LogP contribution in [0.3, 0.4) is 0 Å². The van der Waals surface area contributed by atoms with E-state index in [4.69, 9.17) is 9.26 Å². The molecule has 1 unspecified atom stereocenters. The summed E-state index contributed by atoms with van der Waals surface area (Å²) in [5, 5.41) is 3.97. The van der Waals surface area contributed by atoms with Gasteiger partial charge in [-0.2, -0.15) is 4.98 Å². The molecule has 1 aromatic heterocycles. The minimum atomic E-state index is -0.121. The summed E-state index contributed by atoms with van der Waals surface area (Å²) in [7, 11) is 0. The molecule has 20 heavy (non-hydrogen) atoms. The van der Waals surface area contributed by atoms with E-state index in [1.165, 1.54) is 0 Å². The first-order chi connectivity index (χ1) is 9.74. The fourth-order valence-corrected chi connectivity index (χ4v) is 2.76. The standard InChI is InChI=1S/C15H24N2O3/c1-3-7-13(19-4-2)15-16-14(20-17-15)10-12(18)11-8-5-6-9-11/h11,13H,3-10H2,1-2H3. The van der Waals surface area contributed by atoms with Crippen LogP contribution in [0.15, 0.2) is 4.52 Å².